The van der Waals surface area contributed by atoms with Crippen LogP contribution in [-0.2, 0) is 28.7 Å². The number of nitrogens with two attached hydrogens (primary N) is 1. The van der Waals surface area contributed by atoms with Crippen molar-refractivity contribution >= 4 is 58.7 Å². The molecule has 380 valence electrons. The molecule has 1 atom stereocenters. The summed E-state index contributed by atoms with van der Waals surface area (Å²) in [6, 6.07) is 8.51. The molecule has 0 aliphatic carbocycles. The Hall–Kier alpha value is -6.49. The van der Waals surface area contributed by atoms with Gasteiger partial charge in [-0.25, -0.2) is 18.8 Å². The molecule has 7 N–H and O–H groups in total. The van der Waals surface area contributed by atoms with Crippen LogP contribution in [0.2, 0.25) is 0 Å². The molecule has 1 fully saturated rings. The smallest absolute Gasteiger partial charge is 0.313 e. The fourth-order valence-electron chi connectivity index (χ4n) is 7.40. The molecule has 2 aliphatic heterocycles. The number of nitrogens with zero attached hydrogens (tertiary/aromatic N) is 4. The van der Waals surface area contributed by atoms with E-state index in [0.717, 1.165) is 6.42 Å². The lowest BCUT2D eigenvalue weighted by Gasteiger charge is -2.32. The second kappa shape index (κ2) is 25.9. The maximum absolute atomic E-state index is 13.7. The molecule has 3 aromatic rings. The van der Waals surface area contributed by atoms with Gasteiger partial charge in [-0.1, -0.05) is 13.0 Å². The first kappa shape index (κ1) is 54.5. The van der Waals surface area contributed by atoms with E-state index in [0.29, 0.717) is 85.9 Å². The fraction of sp³-hybridized carbons (Fsp3) is 0.479. The summed E-state index contributed by atoms with van der Waals surface area (Å²) in [5, 5.41) is 21.3. The Balaban J connectivity index is 0.992. The average Bonchev–Trinajstić information content (AvgIpc) is 3.49. The zero-order valence-corrected chi connectivity index (χ0v) is 39.7. The Morgan fingerprint density at radius 1 is 0.929 bits per heavy atom. The number of aliphatic hydroxyl groups is 1. The van der Waals surface area contributed by atoms with Crippen molar-refractivity contribution in [3.05, 3.63) is 82.6 Å². The lowest BCUT2D eigenvalue weighted by molar-refractivity contribution is -0.181. The minimum Gasteiger partial charge on any atom is -0.420 e. The van der Waals surface area contributed by atoms with Crippen molar-refractivity contribution in [1.82, 2.24) is 25.8 Å². The molecule has 1 unspecified atom stereocenters. The molecule has 2 aliphatic rings. The molecule has 1 aromatic heterocycles. The first-order chi connectivity index (χ1) is 33.3. The van der Waals surface area contributed by atoms with E-state index < -0.39 is 65.2 Å². The van der Waals surface area contributed by atoms with Crippen LogP contribution in [0.25, 0.3) is 6.08 Å². The van der Waals surface area contributed by atoms with E-state index in [1.54, 1.807) is 47.5 Å². The second-order valence-corrected chi connectivity index (χ2v) is 17.6. The van der Waals surface area contributed by atoms with E-state index in [2.05, 4.69) is 36.0 Å². The number of aliphatic hydroxyl groups excluding tert-OH is 1. The number of amides is 4. The maximum atomic E-state index is 13.7. The van der Waals surface area contributed by atoms with E-state index in [-0.39, 0.29) is 68.8 Å². The standard InChI is InChI=1S/C48H61F4N9O9/c1-5-18-61(19-6-15-56-47(67)70-48(2,3)4)46(66)32-24-30-7-8-31(25-36(30)59-37(53)26-32)45(65)58-33-9-10-38(57-28-33)60-20-11-29(12-21-60)44(64)55-17-16-54-39(62)13-22-68-23-14-40(63)69-43-41(51)34(49)27-35(50)42(43)52/h7-10,24-25,27-29,47,56,67H,5-6,11-23,26H2,1-4H3,(H2,53,59)(H,54,62)(H,55,64)(H,58,65). The van der Waals surface area contributed by atoms with Gasteiger partial charge >= 0.3 is 5.97 Å². The SMILES string of the molecule is CCCN(CCCNC(O)OC(C)(C)C)C(=O)C1=Cc2ccc(C(=O)Nc3ccc(N4CCC(C(=O)NCCNC(=O)CCOCCC(=O)Oc5c(F)c(F)cc(F)c5F)CC4)nc3)cc2N=C(N)C1. The zero-order chi connectivity index (χ0) is 51.0. The number of rotatable bonds is 23. The number of hydrogen-bond donors (Lipinski definition) is 6. The topological polar surface area (TPSA) is 239 Å². The van der Waals surface area contributed by atoms with Gasteiger partial charge in [0.2, 0.25) is 41.5 Å². The van der Waals surface area contributed by atoms with Gasteiger partial charge in [-0.05, 0) is 76.8 Å². The van der Waals surface area contributed by atoms with Crippen LogP contribution in [0, 0.1) is 29.2 Å². The largest absolute Gasteiger partial charge is 0.420 e. The Kier molecular flexibility index (Phi) is 20.2. The molecule has 70 heavy (non-hydrogen) atoms. The minimum atomic E-state index is -1.85. The van der Waals surface area contributed by atoms with Crippen molar-refractivity contribution in [2.24, 2.45) is 16.6 Å². The first-order valence-electron chi connectivity index (χ1n) is 23.1. The third kappa shape index (κ3) is 16.6. The number of ether oxygens (including phenoxy) is 3. The predicted molar refractivity (Wildman–Crippen MR) is 252 cm³/mol. The van der Waals surface area contributed by atoms with Gasteiger partial charge in [-0.2, -0.15) is 8.78 Å². The van der Waals surface area contributed by atoms with Crippen molar-refractivity contribution in [3.8, 4) is 5.75 Å². The third-order valence-electron chi connectivity index (χ3n) is 10.9. The van der Waals surface area contributed by atoms with Crippen LogP contribution in [0.1, 0.15) is 88.6 Å². The molecule has 0 saturated carbocycles. The number of pyridine rings is 1. The Labute approximate surface area is 403 Å². The summed E-state index contributed by atoms with van der Waals surface area (Å²) in [5.41, 5.74) is 8.15. The van der Waals surface area contributed by atoms with Gasteiger partial charge in [0.15, 0.2) is 11.6 Å². The number of esters is 1. The molecule has 5 rings (SSSR count). The first-order valence-corrected chi connectivity index (χ1v) is 23.1. The number of hydrogen-bond acceptors (Lipinski definition) is 14. The van der Waals surface area contributed by atoms with Gasteiger partial charge in [-0.15, -0.1) is 0 Å². The summed E-state index contributed by atoms with van der Waals surface area (Å²) in [7, 11) is 0. The molecule has 18 nitrogen and oxygen atoms in total. The lowest BCUT2D eigenvalue weighted by Crippen LogP contribution is -2.42. The van der Waals surface area contributed by atoms with Gasteiger partial charge in [0.05, 0.1) is 42.8 Å². The molecular formula is C48H61F4N9O9. The summed E-state index contributed by atoms with van der Waals surface area (Å²) in [5.74, 6) is -10.2. The van der Waals surface area contributed by atoms with E-state index in [1.807, 2.05) is 32.6 Å². The minimum absolute atomic E-state index is 0.0129. The van der Waals surface area contributed by atoms with Crippen molar-refractivity contribution in [2.75, 3.05) is 69.2 Å². The van der Waals surface area contributed by atoms with E-state index >= 15 is 0 Å². The summed E-state index contributed by atoms with van der Waals surface area (Å²) in [6.45, 7) is 10.0. The maximum Gasteiger partial charge on any atom is 0.313 e. The van der Waals surface area contributed by atoms with Gasteiger partial charge < -0.3 is 50.8 Å². The van der Waals surface area contributed by atoms with Gasteiger partial charge in [0.25, 0.3) is 5.91 Å². The average molecular weight is 984 g/mol. The zero-order valence-electron chi connectivity index (χ0n) is 39.7. The van der Waals surface area contributed by atoms with Crippen molar-refractivity contribution in [1.29, 1.82) is 0 Å². The van der Waals surface area contributed by atoms with Crippen LogP contribution in [-0.4, -0.2) is 121 Å². The van der Waals surface area contributed by atoms with Gasteiger partial charge in [-0.3, -0.25) is 29.3 Å². The summed E-state index contributed by atoms with van der Waals surface area (Å²) < 4.78 is 69.0. The highest BCUT2D eigenvalue weighted by Crippen LogP contribution is 2.30. The van der Waals surface area contributed by atoms with Crippen molar-refractivity contribution in [3.63, 3.8) is 0 Å². The monoisotopic (exact) mass is 983 g/mol. The molecule has 0 radical (unpaired) electrons. The number of amidine groups is 1. The number of fused-ring (bicyclic) bond motifs is 1. The summed E-state index contributed by atoms with van der Waals surface area (Å²) >= 11 is 0. The molecule has 22 heteroatoms. The van der Waals surface area contributed by atoms with E-state index in [1.165, 1.54) is 0 Å². The Morgan fingerprint density at radius 3 is 2.30 bits per heavy atom. The summed E-state index contributed by atoms with van der Waals surface area (Å²) in [6.07, 6.45) is 4.20. The number of anilines is 2. The highest BCUT2D eigenvalue weighted by molar-refractivity contribution is 6.08. The Bertz CT molecular complexity index is 2370. The van der Waals surface area contributed by atoms with Crippen LogP contribution < -0.4 is 36.6 Å². The number of benzene rings is 2. The molecule has 3 heterocycles. The third-order valence-corrected chi connectivity index (χ3v) is 10.9. The number of aromatic nitrogens is 1. The molecule has 0 bridgehead atoms. The quantitative estimate of drug-likeness (QED) is 0.0187. The van der Waals surface area contributed by atoms with Crippen LogP contribution in [0.4, 0.5) is 34.8 Å². The van der Waals surface area contributed by atoms with Crippen LogP contribution in [0.3, 0.4) is 0 Å². The summed E-state index contributed by atoms with van der Waals surface area (Å²) in [4.78, 5) is 76.8. The number of aliphatic imine (C=N–C) groups is 1. The highest BCUT2D eigenvalue weighted by atomic mass is 19.2. The van der Waals surface area contributed by atoms with Crippen molar-refractivity contribution in [2.45, 2.75) is 84.7 Å². The molecular weight excluding hydrogens is 923 g/mol. The number of carbonyl (C=O) groups excluding carboxylic acids is 5. The van der Waals surface area contributed by atoms with Crippen molar-refractivity contribution < 1.29 is 60.9 Å². The van der Waals surface area contributed by atoms with Crippen LogP contribution in [0.15, 0.2) is 53.2 Å². The molecule has 2 aromatic carbocycles. The molecule has 4 amide bonds. The van der Waals surface area contributed by atoms with Gasteiger partial charge in [0.1, 0.15) is 11.7 Å². The number of piperidine rings is 1. The van der Waals surface area contributed by atoms with Crippen LogP contribution >= 0.6 is 0 Å². The number of nitrogens with one attached hydrogen (secondary N) is 4. The highest BCUT2D eigenvalue weighted by Gasteiger charge is 2.27. The normalized spacial score (nSPS) is 14.4. The molecule has 1 saturated heterocycles. The van der Waals surface area contributed by atoms with Gasteiger partial charge in [0, 0.05) is 87.3 Å². The molecule has 0 spiro atoms. The van der Waals surface area contributed by atoms with E-state index in [9.17, 15) is 46.6 Å². The van der Waals surface area contributed by atoms with E-state index in [4.69, 9.17) is 15.2 Å². The number of carbonyl (C=O) groups is 5. The Morgan fingerprint density at radius 2 is 1.63 bits per heavy atom. The van der Waals surface area contributed by atoms with Crippen LogP contribution in [0.5, 0.6) is 5.75 Å². The lowest BCUT2D eigenvalue weighted by atomic mass is 9.96. The number of halogens is 4. The predicted octanol–water partition coefficient (Wildman–Crippen LogP) is 4.83. The fourth-order valence-corrected chi connectivity index (χ4v) is 7.40. The second-order valence-electron chi connectivity index (χ2n) is 17.6.